The van der Waals surface area contributed by atoms with Gasteiger partial charge in [-0.15, -0.1) is 11.3 Å². The number of carbonyl (C=O) groups excluding carboxylic acids is 2. The van der Waals surface area contributed by atoms with Crippen LogP contribution in [0.5, 0.6) is 0 Å². The summed E-state index contributed by atoms with van der Waals surface area (Å²) in [7, 11) is 0. The molecule has 0 spiro atoms. The van der Waals surface area contributed by atoms with Gasteiger partial charge in [-0.1, -0.05) is 19.1 Å². The lowest BCUT2D eigenvalue weighted by atomic mass is 9.82. The van der Waals surface area contributed by atoms with E-state index in [1.807, 2.05) is 0 Å². The number of rotatable bonds is 5. The Balaban J connectivity index is 2.42. The highest BCUT2D eigenvalue weighted by Crippen LogP contribution is 2.54. The summed E-state index contributed by atoms with van der Waals surface area (Å²) < 4.78 is 124. The molecule has 38 heavy (non-hydrogen) atoms. The molecule has 0 saturated carbocycles. The number of carboxylic acids is 1. The second-order valence-corrected chi connectivity index (χ2v) is 9.54. The van der Waals surface area contributed by atoms with E-state index < -0.39 is 86.3 Å². The van der Waals surface area contributed by atoms with Crippen molar-refractivity contribution in [3.05, 3.63) is 39.5 Å². The number of aromatic nitrogens is 1. The number of hydrogen-bond acceptors (Lipinski definition) is 6. The fourth-order valence-corrected chi connectivity index (χ4v) is 5.36. The number of amides is 1. The Hall–Kier alpha value is -2.88. The molecule has 210 valence electrons. The van der Waals surface area contributed by atoms with Gasteiger partial charge < -0.3 is 19.9 Å². The van der Waals surface area contributed by atoms with Crippen LogP contribution in [0.2, 0.25) is 0 Å². The summed E-state index contributed by atoms with van der Waals surface area (Å²) in [6.07, 6.45) is -18.5. The molecule has 1 aromatic carbocycles. The smallest absolute Gasteiger partial charge is 0.430 e. The second-order valence-electron chi connectivity index (χ2n) is 8.55. The molecule has 0 unspecified atom stereocenters. The van der Waals surface area contributed by atoms with Crippen molar-refractivity contribution in [3.63, 3.8) is 0 Å². The summed E-state index contributed by atoms with van der Waals surface area (Å²) in [6.45, 7) is 2.63. The molecule has 0 radical (unpaired) electrons. The predicted octanol–water partition coefficient (Wildman–Crippen LogP) is 4.69. The molecule has 6 nitrogen and oxygen atoms in total. The van der Waals surface area contributed by atoms with E-state index in [1.54, 1.807) is 6.92 Å². The molecular formula is C22H18F9N2O4S-. The Labute approximate surface area is 212 Å². The van der Waals surface area contributed by atoms with Crippen molar-refractivity contribution in [2.75, 3.05) is 6.54 Å². The molecule has 1 aliphatic heterocycles. The molecule has 0 aliphatic carbocycles. The Morgan fingerprint density at radius 3 is 2.11 bits per heavy atom. The maximum atomic E-state index is 14.3. The van der Waals surface area contributed by atoms with Crippen molar-refractivity contribution in [2.45, 2.75) is 63.3 Å². The number of aromatic carboxylic acids is 1. The van der Waals surface area contributed by atoms with Crippen LogP contribution in [-0.4, -0.2) is 51.8 Å². The zero-order chi connectivity index (χ0) is 29.0. The molecular weight excluding hydrogens is 559 g/mol. The number of benzene rings is 1. The van der Waals surface area contributed by atoms with Gasteiger partial charge in [0.25, 0.3) is 11.5 Å². The first-order valence-electron chi connectivity index (χ1n) is 10.9. The van der Waals surface area contributed by atoms with E-state index in [0.717, 1.165) is 6.92 Å². The third-order valence-corrected chi connectivity index (χ3v) is 7.29. The maximum absolute atomic E-state index is 14.3. The van der Waals surface area contributed by atoms with E-state index in [1.165, 1.54) is 4.90 Å². The third-order valence-electron chi connectivity index (χ3n) is 6.22. The summed E-state index contributed by atoms with van der Waals surface area (Å²) in [5.41, 5.74) is -13.1. The third kappa shape index (κ3) is 4.83. The minimum Gasteiger partial charge on any atom is -0.542 e. The molecule has 1 saturated heterocycles. The fourth-order valence-electron chi connectivity index (χ4n) is 4.44. The molecule has 0 bridgehead atoms. The zero-order valence-electron chi connectivity index (χ0n) is 19.4. The summed E-state index contributed by atoms with van der Waals surface area (Å²) >= 11 is 0.0554. The van der Waals surface area contributed by atoms with Gasteiger partial charge in [0.15, 0.2) is 0 Å². The quantitative estimate of drug-likeness (QED) is 0.521. The van der Waals surface area contributed by atoms with Crippen LogP contribution >= 0.6 is 11.3 Å². The Morgan fingerprint density at radius 1 is 1.11 bits per heavy atom. The lowest BCUT2D eigenvalue weighted by Crippen LogP contribution is -2.54. The number of aliphatic hydroxyl groups is 1. The topological polar surface area (TPSA) is 93.6 Å². The van der Waals surface area contributed by atoms with Gasteiger partial charge in [-0.25, -0.2) is 4.98 Å². The lowest BCUT2D eigenvalue weighted by molar-refractivity contribution is -0.376. The second kappa shape index (κ2) is 9.70. The van der Waals surface area contributed by atoms with Gasteiger partial charge in [0.1, 0.15) is 16.7 Å². The summed E-state index contributed by atoms with van der Waals surface area (Å²) in [5.74, 6) is -2.93. The van der Waals surface area contributed by atoms with Gasteiger partial charge in [-0.05, 0) is 31.7 Å². The van der Waals surface area contributed by atoms with E-state index in [0.29, 0.717) is 12.8 Å². The zero-order valence-corrected chi connectivity index (χ0v) is 20.3. The van der Waals surface area contributed by atoms with Crippen molar-refractivity contribution in [2.24, 2.45) is 0 Å². The van der Waals surface area contributed by atoms with E-state index in [9.17, 15) is 59.3 Å². The standard InChI is InChI=1S/C22H19F9N2O4S/c1-3-10-12(19(37,21(26,27)28)22(29,30)31)7-6-11(13(10)20(23,24)25)15-14(32-16(38-15)18(35)36)17(34)33-8-4-5-9(33)2/h6-7,9,37H,3-5,8H2,1-2H3,(H,35,36)/p-1/t9-/m0/s1. The number of alkyl halides is 9. The summed E-state index contributed by atoms with van der Waals surface area (Å²) in [6, 6.07) is -0.126. The highest BCUT2D eigenvalue weighted by Gasteiger charge is 2.72. The number of nitrogens with zero attached hydrogens (tertiary/aromatic N) is 2. The van der Waals surface area contributed by atoms with Crippen molar-refractivity contribution < 1.29 is 59.3 Å². The Kier molecular flexibility index (Phi) is 7.57. The molecule has 1 aromatic heterocycles. The number of likely N-dealkylation sites (tertiary alicyclic amines) is 1. The summed E-state index contributed by atoms with van der Waals surface area (Å²) in [4.78, 5) is 28.6. The molecule has 1 fully saturated rings. The number of carboxylic acid groups (broad SMARTS) is 1. The van der Waals surface area contributed by atoms with Crippen molar-refractivity contribution >= 4 is 23.2 Å². The van der Waals surface area contributed by atoms with Gasteiger partial charge in [-0.3, -0.25) is 4.79 Å². The summed E-state index contributed by atoms with van der Waals surface area (Å²) in [5, 5.41) is 20.3. The highest BCUT2D eigenvalue weighted by atomic mass is 32.1. The first-order valence-corrected chi connectivity index (χ1v) is 11.7. The normalized spacial score (nSPS) is 17.3. The van der Waals surface area contributed by atoms with E-state index in [4.69, 9.17) is 0 Å². The molecule has 16 heteroatoms. The van der Waals surface area contributed by atoms with Crippen molar-refractivity contribution in [1.29, 1.82) is 0 Å². The van der Waals surface area contributed by atoms with Crippen molar-refractivity contribution in [3.8, 4) is 10.4 Å². The first kappa shape index (κ1) is 29.7. The van der Waals surface area contributed by atoms with Gasteiger partial charge in [0.2, 0.25) is 0 Å². The van der Waals surface area contributed by atoms with Gasteiger partial charge in [0, 0.05) is 23.7 Å². The van der Waals surface area contributed by atoms with Crippen LogP contribution in [0, 0.1) is 0 Å². The van der Waals surface area contributed by atoms with E-state index >= 15 is 0 Å². The van der Waals surface area contributed by atoms with Crippen LogP contribution in [0.15, 0.2) is 12.1 Å². The molecule has 1 amide bonds. The Bertz CT molecular complexity index is 1240. The molecule has 1 N–H and O–H groups in total. The minimum absolute atomic E-state index is 0.0372. The highest BCUT2D eigenvalue weighted by molar-refractivity contribution is 7.17. The molecule has 1 atom stereocenters. The number of halogens is 9. The van der Waals surface area contributed by atoms with Crippen LogP contribution in [0.25, 0.3) is 10.4 Å². The molecule has 2 heterocycles. The van der Waals surface area contributed by atoms with Crippen molar-refractivity contribution in [1.82, 2.24) is 9.88 Å². The Morgan fingerprint density at radius 2 is 1.68 bits per heavy atom. The van der Waals surface area contributed by atoms with E-state index in [-0.39, 0.29) is 30.0 Å². The first-order chi connectivity index (χ1) is 17.3. The molecule has 1 aliphatic rings. The van der Waals surface area contributed by atoms with Crippen LogP contribution in [0.3, 0.4) is 0 Å². The SMILES string of the molecule is CCc1c(C(O)(C(F)(F)F)C(F)(F)F)ccc(-c2sc(C(=O)[O-])nc2C(=O)N2CCC[C@@H]2C)c1C(F)(F)F. The average molecular weight is 577 g/mol. The van der Waals surface area contributed by atoms with Gasteiger partial charge in [-0.2, -0.15) is 39.5 Å². The average Bonchev–Trinajstić information content (AvgIpc) is 3.41. The molecule has 3 rings (SSSR count). The number of carbonyl (C=O) groups is 2. The fraction of sp³-hybridized carbons (Fsp3) is 0.500. The minimum atomic E-state index is -6.46. The maximum Gasteiger partial charge on any atom is 0.430 e. The van der Waals surface area contributed by atoms with Crippen LogP contribution in [0.1, 0.15) is 63.7 Å². The molecule has 2 aromatic rings. The largest absolute Gasteiger partial charge is 0.542 e. The van der Waals surface area contributed by atoms with Crippen LogP contribution < -0.4 is 5.11 Å². The lowest BCUT2D eigenvalue weighted by Gasteiger charge is -2.35. The van der Waals surface area contributed by atoms with Gasteiger partial charge in [0.05, 0.1) is 10.4 Å². The number of thiazole rings is 1. The predicted molar refractivity (Wildman–Crippen MR) is 112 cm³/mol. The monoisotopic (exact) mass is 577 g/mol. The number of hydrogen-bond donors (Lipinski definition) is 1. The van der Waals surface area contributed by atoms with Crippen LogP contribution in [0.4, 0.5) is 39.5 Å². The van der Waals surface area contributed by atoms with Gasteiger partial charge >= 0.3 is 18.5 Å². The van der Waals surface area contributed by atoms with E-state index in [2.05, 4.69) is 4.98 Å². The van der Waals surface area contributed by atoms with Crippen LogP contribution in [-0.2, 0) is 18.2 Å².